The molecule has 5 aromatic carbocycles. The predicted octanol–water partition coefficient (Wildman–Crippen LogP) is 14.9. The first kappa shape index (κ1) is 30.8. The normalized spacial score (nSPS) is 17.1. The van der Waals surface area contributed by atoms with Crippen LogP contribution in [0.5, 0.6) is 0 Å². The van der Waals surface area contributed by atoms with E-state index in [-0.39, 0.29) is 62.7 Å². The van der Waals surface area contributed by atoms with Crippen molar-refractivity contribution in [2.24, 2.45) is 0 Å². The average molecular weight is 877 g/mol. The minimum atomic E-state index is -3.07. The molecule has 0 unspecified atom stereocenters. The van der Waals surface area contributed by atoms with Gasteiger partial charge in [0.05, 0.1) is 31.5 Å². The van der Waals surface area contributed by atoms with Crippen molar-refractivity contribution in [1.82, 2.24) is 15.0 Å². The fraction of sp³-hybridized carbons (Fsp3) is 0.233. The van der Waals surface area contributed by atoms with Crippen LogP contribution in [0.25, 0.3) is 55.7 Å². The molecule has 6 heteroatoms. The maximum atomic E-state index is 17.0. The Kier molecular flexibility index (Phi) is 8.74. The molecule has 0 radical (unpaired) electrons. The summed E-state index contributed by atoms with van der Waals surface area (Å²) >= 11 is 0. The van der Waals surface area contributed by atoms with Gasteiger partial charge in [-0.2, -0.15) is 5.26 Å². The van der Waals surface area contributed by atoms with Gasteiger partial charge in [0.2, 0.25) is 0 Å². The van der Waals surface area contributed by atoms with Crippen LogP contribution in [0.15, 0.2) is 162 Å². The summed E-state index contributed by atoms with van der Waals surface area (Å²) in [5.41, 5.74) is 0.0408. The number of nitriles is 1. The summed E-state index contributed by atoms with van der Waals surface area (Å²) in [5, 5.41) is 10.5. The van der Waals surface area contributed by atoms with Gasteiger partial charge in [0, 0.05) is 71.4 Å². The lowest BCUT2D eigenvalue weighted by molar-refractivity contribution is 0.441. The average Bonchev–Trinajstić information content (AvgIpc) is 3.98. The van der Waals surface area contributed by atoms with Gasteiger partial charge in [0.1, 0.15) is 17.0 Å². The summed E-state index contributed by atoms with van der Waals surface area (Å²) in [6, 6.07) is 35.6. The zero-order valence-electron chi connectivity index (χ0n) is 48.5. The molecule has 10 rings (SSSR count). The Labute approximate surface area is 403 Å². The quantitative estimate of drug-likeness (QED) is 0.115. The smallest absolute Gasteiger partial charge is 0.144 e. The molecule has 4 aromatic heterocycles. The molecular formula is C60H53FN4O. The van der Waals surface area contributed by atoms with Crippen molar-refractivity contribution in [3.8, 4) is 39.8 Å². The highest BCUT2D eigenvalue weighted by molar-refractivity contribution is 6.09. The number of aryl methyl sites for hydroxylation is 4. The molecule has 0 bridgehead atoms. The van der Waals surface area contributed by atoms with Crippen LogP contribution in [0.4, 0.5) is 4.39 Å². The van der Waals surface area contributed by atoms with Gasteiger partial charge in [-0.25, -0.2) is 4.39 Å². The van der Waals surface area contributed by atoms with E-state index in [0.717, 1.165) is 67.5 Å². The van der Waals surface area contributed by atoms with Crippen LogP contribution in [0, 0.1) is 17.1 Å². The summed E-state index contributed by atoms with van der Waals surface area (Å²) in [6.45, 7) is 2.83. The Hall–Kier alpha value is -7.23. The maximum Gasteiger partial charge on any atom is 0.144 e. The summed E-state index contributed by atoms with van der Waals surface area (Å²) in [5.74, 6) is -1.02. The zero-order valence-corrected chi connectivity index (χ0v) is 36.5. The lowest BCUT2D eigenvalue weighted by atomic mass is 9.78. The molecule has 0 spiro atoms. The number of nitrogens with zero attached hydrogens (tertiary/aromatic N) is 4. The van der Waals surface area contributed by atoms with Gasteiger partial charge < -0.3 is 4.42 Å². The van der Waals surface area contributed by atoms with E-state index in [4.69, 9.17) is 7.16 Å². The van der Waals surface area contributed by atoms with E-state index in [1.807, 2.05) is 72.8 Å². The van der Waals surface area contributed by atoms with E-state index in [1.54, 1.807) is 24.3 Å². The zero-order chi connectivity index (χ0) is 55.7. The minimum Gasteiger partial charge on any atom is -0.455 e. The number of furan rings is 1. The summed E-state index contributed by atoms with van der Waals surface area (Å²) in [7, 11) is 0. The molecule has 326 valence electrons. The van der Waals surface area contributed by atoms with Gasteiger partial charge in [0.25, 0.3) is 0 Å². The van der Waals surface area contributed by atoms with Gasteiger partial charge in [-0.3, -0.25) is 15.0 Å². The van der Waals surface area contributed by atoms with Crippen molar-refractivity contribution in [1.29, 1.82) is 5.26 Å². The predicted molar refractivity (Wildman–Crippen MR) is 265 cm³/mol. The van der Waals surface area contributed by atoms with Gasteiger partial charge in [0.15, 0.2) is 0 Å². The van der Waals surface area contributed by atoms with Gasteiger partial charge in [-0.15, -0.1) is 0 Å². The van der Waals surface area contributed by atoms with Crippen molar-refractivity contribution >= 4 is 21.9 Å². The number of pyridine rings is 3. The number of halogens is 1. The Morgan fingerprint density at radius 1 is 0.682 bits per heavy atom. The van der Waals surface area contributed by atoms with Crippen LogP contribution in [-0.2, 0) is 37.3 Å². The first-order chi connectivity index (χ1) is 36.9. The number of fused-ring (bicyclic) bond motifs is 3. The molecule has 1 saturated carbocycles. The molecule has 0 atom stereocenters. The molecule has 0 N–H and O–H groups in total. The largest absolute Gasteiger partial charge is 0.455 e. The van der Waals surface area contributed by atoms with E-state index in [1.165, 1.54) is 44.6 Å². The van der Waals surface area contributed by atoms with Crippen LogP contribution < -0.4 is 0 Å². The SMILES string of the molecule is [2H]c1cc2c(oc3c(-c4cc(F)c(C(C)(C)C([2H])([2H])c5cc(C([2H])([2H])C([2H])([2H])c6ccc(-c7ccccc7)nc6)cc(C([2H])([2H])C([2H])([2H])c6cnc(-c7ccccc7)cc6C6CCCCC6)c5)cn4)cccc32)c([2H])c1C#N. The molecule has 0 saturated heterocycles. The molecule has 0 amide bonds. The van der Waals surface area contributed by atoms with E-state index in [2.05, 4.69) is 15.0 Å². The molecule has 5 nitrogen and oxygen atoms in total. The number of para-hydroxylation sites is 1. The molecule has 1 fully saturated rings. The second-order valence-corrected chi connectivity index (χ2v) is 17.2. The Morgan fingerprint density at radius 2 is 1.36 bits per heavy atom. The topological polar surface area (TPSA) is 75.6 Å². The monoisotopic (exact) mass is 876 g/mol. The fourth-order valence-electron chi connectivity index (χ4n) is 8.87. The maximum absolute atomic E-state index is 17.0. The first-order valence-corrected chi connectivity index (χ1v) is 22.2. The number of benzene rings is 5. The van der Waals surface area contributed by atoms with Gasteiger partial charge >= 0.3 is 0 Å². The van der Waals surface area contributed by atoms with Crippen LogP contribution >= 0.6 is 0 Å². The van der Waals surface area contributed by atoms with Crippen molar-refractivity contribution in [3.05, 3.63) is 208 Å². The third kappa shape index (κ3) is 9.17. The fourth-order valence-corrected chi connectivity index (χ4v) is 8.87. The second kappa shape index (κ2) is 18.7. The summed E-state index contributed by atoms with van der Waals surface area (Å²) < 4.78 is 137. The molecule has 9 aromatic rings. The third-order valence-corrected chi connectivity index (χ3v) is 12.2. The van der Waals surface area contributed by atoms with E-state index in [9.17, 15) is 19.0 Å². The van der Waals surface area contributed by atoms with Gasteiger partial charge in [-0.05, 0) is 126 Å². The Bertz CT molecular complexity index is 3800. The van der Waals surface area contributed by atoms with Crippen molar-refractivity contribution in [3.63, 3.8) is 0 Å². The second-order valence-electron chi connectivity index (χ2n) is 17.2. The van der Waals surface area contributed by atoms with Gasteiger partial charge in [-0.1, -0.05) is 130 Å². The van der Waals surface area contributed by atoms with Crippen LogP contribution in [0.3, 0.4) is 0 Å². The summed E-state index contributed by atoms with van der Waals surface area (Å²) in [6.07, 6.45) is -6.65. The first-order valence-electron chi connectivity index (χ1n) is 28.2. The third-order valence-electron chi connectivity index (χ3n) is 12.2. The van der Waals surface area contributed by atoms with Crippen molar-refractivity contribution in [2.75, 3.05) is 0 Å². The van der Waals surface area contributed by atoms with Crippen LogP contribution in [-0.4, -0.2) is 15.0 Å². The van der Waals surface area contributed by atoms with E-state index in [0.29, 0.717) is 33.3 Å². The number of hydrogen-bond acceptors (Lipinski definition) is 5. The van der Waals surface area contributed by atoms with Crippen LogP contribution in [0.2, 0.25) is 0 Å². The van der Waals surface area contributed by atoms with Crippen molar-refractivity contribution in [2.45, 2.75) is 89.1 Å². The van der Waals surface area contributed by atoms with Crippen LogP contribution in [0.1, 0.15) is 113 Å². The highest BCUT2D eigenvalue weighted by Crippen LogP contribution is 2.39. The lowest BCUT2D eigenvalue weighted by Crippen LogP contribution is -2.23. The standard InChI is InChI=1S/C60H53FN4O/c1-60(2,53-39-65-57(34-54(53)61)51-20-12-19-50-49-27-24-43(36-62)32-58(49)66-59(50)51)35-44-30-41(22-21-40-25-28-55(63-37-40)46-15-8-4-9-16-46)29-42(31-44)23-26-48-38-64-56(47-17-10-5-11-18-47)33-52(48)45-13-6-3-7-14-45/h4-5,8-12,15-20,24-25,27-34,37-39,45H,3,6-7,13-14,21-23,26,35H2,1-2H3/i21D2,22D2,23D2,24D,26D2,32D,35D2. The molecular weight excluding hydrogens is 812 g/mol. The molecule has 1 aliphatic carbocycles. The Morgan fingerprint density at radius 3 is 2.08 bits per heavy atom. The molecule has 4 heterocycles. The molecule has 66 heavy (non-hydrogen) atoms. The highest BCUT2D eigenvalue weighted by atomic mass is 19.1. The van der Waals surface area contributed by atoms with E-state index < -0.39 is 54.2 Å². The Balaban J connectivity index is 1.10. The molecule has 1 aliphatic rings. The number of hydrogen-bond donors (Lipinski definition) is 0. The number of aromatic nitrogens is 3. The minimum absolute atomic E-state index is 0.0166. The molecule has 0 aliphatic heterocycles. The number of rotatable bonds is 13. The lowest BCUT2D eigenvalue weighted by Gasteiger charge is -2.27. The highest BCUT2D eigenvalue weighted by Gasteiger charge is 2.27. The van der Waals surface area contributed by atoms with Crippen molar-refractivity contribution < 1.29 is 25.3 Å². The van der Waals surface area contributed by atoms with E-state index >= 15 is 4.39 Å². The summed E-state index contributed by atoms with van der Waals surface area (Å²) in [4.78, 5) is 13.7.